The Labute approximate surface area is 131 Å². The molecule has 1 fully saturated rings. The van der Waals surface area contributed by atoms with Gasteiger partial charge in [-0.05, 0) is 54.7 Å². The SMILES string of the molecule is Cc1ccc(NC(=O)C2CC2c2ccc(F)cc2)cc1Br. The lowest BCUT2D eigenvalue weighted by Crippen LogP contribution is -2.14. The number of nitrogens with one attached hydrogen (secondary N) is 1. The molecule has 4 heteroatoms. The zero-order chi connectivity index (χ0) is 15.0. The highest BCUT2D eigenvalue weighted by Gasteiger charge is 2.43. The zero-order valence-corrected chi connectivity index (χ0v) is 13.2. The van der Waals surface area contributed by atoms with Crippen molar-refractivity contribution in [2.45, 2.75) is 19.3 Å². The van der Waals surface area contributed by atoms with Crippen molar-refractivity contribution in [1.29, 1.82) is 0 Å². The first-order valence-corrected chi connectivity index (χ1v) is 7.66. The van der Waals surface area contributed by atoms with Crippen LogP contribution < -0.4 is 5.32 Å². The van der Waals surface area contributed by atoms with Crippen LogP contribution in [0.3, 0.4) is 0 Å². The first-order chi connectivity index (χ1) is 10.0. The maximum Gasteiger partial charge on any atom is 0.228 e. The van der Waals surface area contributed by atoms with Gasteiger partial charge in [-0.1, -0.05) is 34.1 Å². The smallest absolute Gasteiger partial charge is 0.228 e. The van der Waals surface area contributed by atoms with Gasteiger partial charge in [0.2, 0.25) is 5.91 Å². The minimum atomic E-state index is -0.245. The summed E-state index contributed by atoms with van der Waals surface area (Å²) in [6, 6.07) is 12.2. The van der Waals surface area contributed by atoms with Crippen molar-refractivity contribution in [1.82, 2.24) is 0 Å². The van der Waals surface area contributed by atoms with Crippen LogP contribution in [0.25, 0.3) is 0 Å². The number of anilines is 1. The summed E-state index contributed by atoms with van der Waals surface area (Å²) in [5.74, 6) is -0.0278. The number of hydrogen-bond acceptors (Lipinski definition) is 1. The van der Waals surface area contributed by atoms with E-state index in [0.29, 0.717) is 0 Å². The number of carbonyl (C=O) groups excluding carboxylic acids is 1. The largest absolute Gasteiger partial charge is 0.326 e. The predicted octanol–water partition coefficient (Wildman–Crippen LogP) is 4.64. The van der Waals surface area contributed by atoms with Crippen LogP contribution in [-0.4, -0.2) is 5.91 Å². The Morgan fingerprint density at radius 2 is 1.95 bits per heavy atom. The normalized spacial score (nSPS) is 20.1. The van der Waals surface area contributed by atoms with E-state index in [2.05, 4.69) is 21.2 Å². The molecule has 0 radical (unpaired) electrons. The highest BCUT2D eigenvalue weighted by atomic mass is 79.9. The Hall–Kier alpha value is -1.68. The van der Waals surface area contributed by atoms with Crippen molar-refractivity contribution in [2.24, 2.45) is 5.92 Å². The van der Waals surface area contributed by atoms with Gasteiger partial charge in [-0.25, -0.2) is 4.39 Å². The molecule has 1 aliphatic rings. The molecular formula is C17H15BrFNO. The fraction of sp³-hybridized carbons (Fsp3) is 0.235. The predicted molar refractivity (Wildman–Crippen MR) is 84.8 cm³/mol. The summed E-state index contributed by atoms with van der Waals surface area (Å²) >= 11 is 3.46. The summed E-state index contributed by atoms with van der Waals surface area (Å²) in [6.07, 6.45) is 0.824. The van der Waals surface area contributed by atoms with E-state index in [9.17, 15) is 9.18 Å². The van der Waals surface area contributed by atoms with Gasteiger partial charge < -0.3 is 5.32 Å². The van der Waals surface area contributed by atoms with Crippen molar-refractivity contribution in [3.63, 3.8) is 0 Å². The Kier molecular flexibility index (Phi) is 3.81. The van der Waals surface area contributed by atoms with Gasteiger partial charge in [0.25, 0.3) is 0 Å². The topological polar surface area (TPSA) is 29.1 Å². The van der Waals surface area contributed by atoms with Crippen LogP contribution in [0.15, 0.2) is 46.9 Å². The van der Waals surface area contributed by atoms with Crippen molar-refractivity contribution >= 4 is 27.5 Å². The van der Waals surface area contributed by atoms with Crippen molar-refractivity contribution in [3.8, 4) is 0 Å². The minimum absolute atomic E-state index is 0.0180. The summed E-state index contributed by atoms with van der Waals surface area (Å²) in [5.41, 5.74) is 2.95. The summed E-state index contributed by atoms with van der Waals surface area (Å²) in [6.45, 7) is 2.00. The molecule has 1 amide bonds. The molecule has 0 heterocycles. The summed E-state index contributed by atoms with van der Waals surface area (Å²) in [4.78, 5) is 12.2. The molecule has 21 heavy (non-hydrogen) atoms. The Morgan fingerprint density at radius 3 is 2.62 bits per heavy atom. The number of halogens is 2. The fourth-order valence-corrected chi connectivity index (χ4v) is 2.85. The number of benzene rings is 2. The second-order valence-corrected chi connectivity index (χ2v) is 6.31. The van der Waals surface area contributed by atoms with Gasteiger partial charge in [-0.2, -0.15) is 0 Å². The third kappa shape index (κ3) is 3.16. The van der Waals surface area contributed by atoms with E-state index in [1.165, 1.54) is 12.1 Å². The van der Waals surface area contributed by atoms with E-state index in [4.69, 9.17) is 0 Å². The Bertz CT molecular complexity index is 684. The maximum absolute atomic E-state index is 12.9. The van der Waals surface area contributed by atoms with Gasteiger partial charge in [0.1, 0.15) is 5.82 Å². The summed E-state index contributed by atoms with van der Waals surface area (Å²) in [7, 11) is 0. The molecule has 108 valence electrons. The number of hydrogen-bond donors (Lipinski definition) is 1. The molecule has 2 aromatic carbocycles. The van der Waals surface area contributed by atoms with Crippen LogP contribution in [0.4, 0.5) is 10.1 Å². The molecule has 2 atom stereocenters. The van der Waals surface area contributed by atoms with E-state index in [1.807, 2.05) is 25.1 Å². The molecular weight excluding hydrogens is 333 g/mol. The van der Waals surface area contributed by atoms with Crippen LogP contribution in [-0.2, 0) is 4.79 Å². The quantitative estimate of drug-likeness (QED) is 0.860. The van der Waals surface area contributed by atoms with Gasteiger partial charge >= 0.3 is 0 Å². The van der Waals surface area contributed by atoms with Crippen molar-refractivity contribution in [2.75, 3.05) is 5.32 Å². The molecule has 1 saturated carbocycles. The van der Waals surface area contributed by atoms with Crippen LogP contribution in [0.1, 0.15) is 23.5 Å². The van der Waals surface area contributed by atoms with Gasteiger partial charge in [0.15, 0.2) is 0 Å². The number of amides is 1. The van der Waals surface area contributed by atoms with E-state index < -0.39 is 0 Å². The second-order valence-electron chi connectivity index (χ2n) is 5.45. The minimum Gasteiger partial charge on any atom is -0.326 e. The third-order valence-corrected chi connectivity index (χ3v) is 4.72. The zero-order valence-electron chi connectivity index (χ0n) is 11.6. The van der Waals surface area contributed by atoms with Gasteiger partial charge in [-0.15, -0.1) is 0 Å². The Balaban J connectivity index is 1.65. The average molecular weight is 348 g/mol. The van der Waals surface area contributed by atoms with Crippen LogP contribution in [0.2, 0.25) is 0 Å². The van der Waals surface area contributed by atoms with Crippen molar-refractivity contribution in [3.05, 3.63) is 63.9 Å². The highest BCUT2D eigenvalue weighted by Crippen LogP contribution is 2.48. The van der Waals surface area contributed by atoms with E-state index in [-0.39, 0.29) is 23.6 Å². The van der Waals surface area contributed by atoms with Gasteiger partial charge in [-0.3, -0.25) is 4.79 Å². The second kappa shape index (κ2) is 5.60. The molecule has 0 bridgehead atoms. The van der Waals surface area contributed by atoms with E-state index >= 15 is 0 Å². The van der Waals surface area contributed by atoms with Gasteiger partial charge in [0.05, 0.1) is 0 Å². The number of aryl methyl sites for hydroxylation is 1. The van der Waals surface area contributed by atoms with Crippen LogP contribution in [0.5, 0.6) is 0 Å². The number of rotatable bonds is 3. The molecule has 0 saturated heterocycles. The van der Waals surface area contributed by atoms with Gasteiger partial charge in [0, 0.05) is 16.1 Å². The maximum atomic E-state index is 12.9. The monoisotopic (exact) mass is 347 g/mol. The molecule has 2 nitrogen and oxygen atoms in total. The first-order valence-electron chi connectivity index (χ1n) is 6.87. The third-order valence-electron chi connectivity index (χ3n) is 3.86. The standard InChI is InChI=1S/C17H15BrFNO/c1-10-2-7-13(8-16(10)18)20-17(21)15-9-14(15)11-3-5-12(19)6-4-11/h2-8,14-15H,9H2,1H3,(H,20,21). The van der Waals surface area contributed by atoms with E-state index in [1.54, 1.807) is 12.1 Å². The summed E-state index contributed by atoms with van der Waals surface area (Å²) in [5, 5.41) is 2.94. The molecule has 1 N–H and O–H groups in total. The number of carbonyl (C=O) groups is 1. The molecule has 0 spiro atoms. The summed E-state index contributed by atoms with van der Waals surface area (Å²) < 4.78 is 13.9. The molecule has 2 unspecified atom stereocenters. The van der Waals surface area contributed by atoms with Crippen LogP contribution >= 0.6 is 15.9 Å². The molecule has 0 aliphatic heterocycles. The molecule has 1 aliphatic carbocycles. The average Bonchev–Trinajstić information content (AvgIpc) is 3.24. The lowest BCUT2D eigenvalue weighted by atomic mass is 10.1. The lowest BCUT2D eigenvalue weighted by molar-refractivity contribution is -0.117. The Morgan fingerprint density at radius 1 is 1.24 bits per heavy atom. The highest BCUT2D eigenvalue weighted by molar-refractivity contribution is 9.10. The fourth-order valence-electron chi connectivity index (χ4n) is 2.47. The molecule has 2 aromatic rings. The van der Waals surface area contributed by atoms with Crippen molar-refractivity contribution < 1.29 is 9.18 Å². The molecule has 0 aromatic heterocycles. The van der Waals surface area contributed by atoms with Crippen LogP contribution in [0, 0.1) is 18.7 Å². The molecule has 3 rings (SSSR count). The van der Waals surface area contributed by atoms with E-state index in [0.717, 1.165) is 27.7 Å². The lowest BCUT2D eigenvalue weighted by Gasteiger charge is -2.07. The first kappa shape index (κ1) is 14.3.